The molecule has 0 aliphatic carbocycles. The molecule has 4 amide bonds. The van der Waals surface area contributed by atoms with E-state index in [-0.39, 0.29) is 35.3 Å². The zero-order valence-corrected chi connectivity index (χ0v) is 19.3. The van der Waals surface area contributed by atoms with Crippen LogP contribution in [0.3, 0.4) is 0 Å². The Hall–Kier alpha value is -4.11. The molecule has 4 rings (SSSR count). The average Bonchev–Trinajstić information content (AvgIpc) is 3.34. The topological polar surface area (TPSA) is 98.1 Å². The normalized spacial score (nSPS) is 14.9. The third-order valence-electron chi connectivity index (χ3n) is 5.02. The molecule has 0 bridgehead atoms. The summed E-state index contributed by atoms with van der Waals surface area (Å²) < 4.78 is 29.8. The highest BCUT2D eigenvalue weighted by molar-refractivity contribution is 6.33. The highest BCUT2D eigenvalue weighted by atomic mass is 35.5. The van der Waals surface area contributed by atoms with Crippen LogP contribution >= 0.6 is 11.6 Å². The van der Waals surface area contributed by atoms with Crippen LogP contribution in [0.4, 0.5) is 9.18 Å². The van der Waals surface area contributed by atoms with Crippen LogP contribution in [0.15, 0.2) is 64.8 Å². The van der Waals surface area contributed by atoms with E-state index >= 15 is 0 Å². The van der Waals surface area contributed by atoms with Gasteiger partial charge in [-0.3, -0.25) is 19.8 Å². The van der Waals surface area contributed by atoms with Gasteiger partial charge in [-0.25, -0.2) is 9.18 Å². The van der Waals surface area contributed by atoms with Crippen molar-refractivity contribution in [1.82, 2.24) is 10.2 Å². The van der Waals surface area contributed by atoms with Gasteiger partial charge in [-0.15, -0.1) is 0 Å². The summed E-state index contributed by atoms with van der Waals surface area (Å²) in [6.07, 6.45) is 2.73. The molecule has 1 N–H and O–H groups in total. The number of hydrogen-bond acceptors (Lipinski definition) is 6. The lowest BCUT2D eigenvalue weighted by Crippen LogP contribution is -2.53. The first-order valence-electron chi connectivity index (χ1n) is 10.6. The van der Waals surface area contributed by atoms with Crippen molar-refractivity contribution in [3.8, 4) is 11.5 Å². The number of imide groups is 2. The molecule has 0 unspecified atom stereocenters. The monoisotopic (exact) mass is 498 g/mol. The van der Waals surface area contributed by atoms with E-state index in [0.29, 0.717) is 23.7 Å². The lowest BCUT2D eigenvalue weighted by atomic mass is 10.1. The molecule has 1 fully saturated rings. The second kappa shape index (κ2) is 10.4. The first-order chi connectivity index (χ1) is 16.9. The Morgan fingerprint density at radius 2 is 1.89 bits per heavy atom. The maximum atomic E-state index is 13.1. The van der Waals surface area contributed by atoms with E-state index in [1.165, 1.54) is 30.5 Å². The Bertz CT molecular complexity index is 1290. The van der Waals surface area contributed by atoms with Gasteiger partial charge in [-0.05, 0) is 60.5 Å². The third kappa shape index (κ3) is 5.52. The van der Waals surface area contributed by atoms with E-state index in [2.05, 4.69) is 5.32 Å². The van der Waals surface area contributed by atoms with E-state index in [9.17, 15) is 18.8 Å². The smallest absolute Gasteiger partial charge is 0.331 e. The quantitative estimate of drug-likeness (QED) is 0.357. The number of benzene rings is 2. The van der Waals surface area contributed by atoms with Gasteiger partial charge in [0, 0.05) is 0 Å². The van der Waals surface area contributed by atoms with Crippen LogP contribution < -0.4 is 14.8 Å². The summed E-state index contributed by atoms with van der Waals surface area (Å²) in [6, 6.07) is 11.3. The lowest BCUT2D eigenvalue weighted by molar-refractivity contribution is -0.130. The second-order valence-electron chi connectivity index (χ2n) is 7.47. The SMILES string of the molecule is CCOc1cc(C=C2C(=O)NC(=O)N(Cc3ccco3)C2=O)cc(Cl)c1OCc1ccc(F)cc1. The summed E-state index contributed by atoms with van der Waals surface area (Å²) in [7, 11) is 0. The summed E-state index contributed by atoms with van der Waals surface area (Å²) in [4.78, 5) is 38.5. The maximum Gasteiger partial charge on any atom is 0.331 e. The minimum atomic E-state index is -0.842. The molecule has 10 heteroatoms. The van der Waals surface area contributed by atoms with Crippen molar-refractivity contribution in [3.05, 3.63) is 88.1 Å². The fourth-order valence-electron chi connectivity index (χ4n) is 3.37. The number of hydrogen-bond donors (Lipinski definition) is 1. The molecule has 0 saturated carbocycles. The maximum absolute atomic E-state index is 13.1. The Morgan fingerprint density at radius 3 is 2.57 bits per heavy atom. The third-order valence-corrected chi connectivity index (χ3v) is 5.30. The van der Waals surface area contributed by atoms with Gasteiger partial charge in [0.1, 0.15) is 23.8 Å². The van der Waals surface area contributed by atoms with Crippen molar-refractivity contribution in [2.45, 2.75) is 20.1 Å². The fraction of sp³-hybridized carbons (Fsp3) is 0.160. The number of rotatable bonds is 8. The summed E-state index contributed by atoms with van der Waals surface area (Å²) >= 11 is 6.44. The Kier molecular flexibility index (Phi) is 7.17. The van der Waals surface area contributed by atoms with E-state index in [0.717, 1.165) is 10.5 Å². The highest BCUT2D eigenvalue weighted by Gasteiger charge is 2.36. The van der Waals surface area contributed by atoms with Crippen molar-refractivity contribution >= 4 is 35.5 Å². The van der Waals surface area contributed by atoms with Crippen molar-refractivity contribution < 1.29 is 32.7 Å². The molecule has 2 heterocycles. The first-order valence-corrected chi connectivity index (χ1v) is 11.0. The minimum absolute atomic E-state index is 0.116. The van der Waals surface area contributed by atoms with Gasteiger partial charge >= 0.3 is 6.03 Å². The molecule has 8 nitrogen and oxygen atoms in total. The van der Waals surface area contributed by atoms with Crippen LogP contribution in [0.2, 0.25) is 5.02 Å². The summed E-state index contributed by atoms with van der Waals surface area (Å²) in [5.41, 5.74) is 0.856. The lowest BCUT2D eigenvalue weighted by Gasteiger charge is -2.25. The van der Waals surface area contributed by atoms with Crippen molar-refractivity contribution in [2.75, 3.05) is 6.61 Å². The number of amides is 4. The van der Waals surface area contributed by atoms with Gasteiger partial charge in [-0.2, -0.15) is 0 Å². The molecule has 1 aromatic heterocycles. The summed E-state index contributed by atoms with van der Waals surface area (Å²) in [6.45, 7) is 2.06. The van der Waals surface area contributed by atoms with E-state index in [1.54, 1.807) is 37.3 Å². The zero-order chi connectivity index (χ0) is 24.9. The summed E-state index contributed by atoms with van der Waals surface area (Å²) in [5, 5.41) is 2.33. The Labute approximate surface area is 204 Å². The predicted octanol–water partition coefficient (Wildman–Crippen LogP) is 4.71. The van der Waals surface area contributed by atoms with E-state index in [1.807, 2.05) is 0 Å². The van der Waals surface area contributed by atoms with Crippen molar-refractivity contribution in [1.29, 1.82) is 0 Å². The van der Waals surface area contributed by atoms with Crippen molar-refractivity contribution in [3.63, 3.8) is 0 Å². The standard InChI is InChI=1S/C25H20ClFN2O6/c1-2-33-21-12-16(11-20(26)22(21)35-14-15-5-7-17(27)8-6-15)10-19-23(30)28-25(32)29(24(19)31)13-18-4-3-9-34-18/h3-12H,2,13-14H2,1H3,(H,28,30,32). The molecule has 1 aliphatic rings. The Balaban J connectivity index is 1.61. The molecule has 0 spiro atoms. The van der Waals surface area contributed by atoms with Crippen LogP contribution in [0.1, 0.15) is 23.8 Å². The molecule has 2 aromatic carbocycles. The predicted molar refractivity (Wildman–Crippen MR) is 124 cm³/mol. The van der Waals surface area contributed by atoms with Crippen molar-refractivity contribution in [2.24, 2.45) is 0 Å². The second-order valence-corrected chi connectivity index (χ2v) is 7.87. The number of ether oxygens (including phenoxy) is 2. The number of nitrogens with one attached hydrogen (secondary N) is 1. The molecule has 35 heavy (non-hydrogen) atoms. The van der Waals surface area contributed by atoms with Gasteiger partial charge < -0.3 is 13.9 Å². The number of halogens is 2. The highest BCUT2D eigenvalue weighted by Crippen LogP contribution is 2.38. The van der Waals surface area contributed by atoms with Gasteiger partial charge in [0.15, 0.2) is 11.5 Å². The summed E-state index contributed by atoms with van der Waals surface area (Å²) in [5.74, 6) is -1.03. The van der Waals surface area contributed by atoms with Gasteiger partial charge in [0.25, 0.3) is 11.8 Å². The minimum Gasteiger partial charge on any atom is -0.490 e. The number of barbiturate groups is 1. The molecule has 3 aromatic rings. The van der Waals surface area contributed by atoms with E-state index < -0.39 is 17.8 Å². The molecule has 1 saturated heterocycles. The first kappa shape index (κ1) is 24.0. The fourth-order valence-corrected chi connectivity index (χ4v) is 3.65. The largest absolute Gasteiger partial charge is 0.490 e. The van der Waals surface area contributed by atoms with Crippen LogP contribution in [0.5, 0.6) is 11.5 Å². The van der Waals surface area contributed by atoms with E-state index in [4.69, 9.17) is 25.5 Å². The molecular formula is C25H20ClFN2O6. The van der Waals surface area contributed by atoms with Crippen LogP contribution in [-0.4, -0.2) is 29.4 Å². The number of carbonyl (C=O) groups excluding carboxylic acids is 3. The molecule has 180 valence electrons. The average molecular weight is 499 g/mol. The Morgan fingerprint density at radius 1 is 1.11 bits per heavy atom. The molecule has 0 radical (unpaired) electrons. The van der Waals surface area contributed by atoms with Gasteiger partial charge in [0.05, 0.1) is 24.4 Å². The van der Waals surface area contributed by atoms with Gasteiger partial charge in [-0.1, -0.05) is 23.7 Å². The van der Waals surface area contributed by atoms with Gasteiger partial charge in [0.2, 0.25) is 0 Å². The number of urea groups is 1. The van der Waals surface area contributed by atoms with Crippen LogP contribution in [-0.2, 0) is 22.7 Å². The molecular weight excluding hydrogens is 479 g/mol. The number of carbonyl (C=O) groups is 3. The number of nitrogens with zero attached hydrogens (tertiary/aromatic N) is 1. The number of furan rings is 1. The van der Waals surface area contributed by atoms with Crippen LogP contribution in [0, 0.1) is 5.82 Å². The molecule has 1 aliphatic heterocycles. The van der Waals surface area contributed by atoms with Crippen LogP contribution in [0.25, 0.3) is 6.08 Å². The molecule has 0 atom stereocenters. The zero-order valence-electron chi connectivity index (χ0n) is 18.5.